The lowest BCUT2D eigenvalue weighted by Gasteiger charge is -2.35. The molecule has 0 amide bonds. The van der Waals surface area contributed by atoms with Gasteiger partial charge in [0.1, 0.15) is 0 Å². The van der Waals surface area contributed by atoms with Gasteiger partial charge in [0.05, 0.1) is 17.5 Å². The molecule has 110 valence electrons. The van der Waals surface area contributed by atoms with Crippen LogP contribution in [0.15, 0.2) is 59.5 Å². The number of sulfonamides is 1. The summed E-state index contributed by atoms with van der Waals surface area (Å²) in [4.78, 5) is 1.03. The molecule has 0 N–H and O–H groups in total. The van der Waals surface area contributed by atoms with Gasteiger partial charge in [-0.05, 0) is 24.6 Å². The topological polar surface area (TPSA) is 37.4 Å². The van der Waals surface area contributed by atoms with E-state index in [0.717, 1.165) is 21.9 Å². The summed E-state index contributed by atoms with van der Waals surface area (Å²) in [5.74, 6) is 0.822. The summed E-state index contributed by atoms with van der Waals surface area (Å²) in [6, 6.07) is 17.0. The van der Waals surface area contributed by atoms with E-state index in [1.165, 1.54) is 0 Å². The van der Waals surface area contributed by atoms with Crippen LogP contribution in [0, 0.1) is 0 Å². The van der Waals surface area contributed by atoms with E-state index in [4.69, 9.17) is 0 Å². The van der Waals surface area contributed by atoms with Crippen molar-refractivity contribution < 1.29 is 8.42 Å². The zero-order valence-corrected chi connectivity index (χ0v) is 13.4. The Morgan fingerprint density at radius 3 is 2.52 bits per heavy atom. The summed E-state index contributed by atoms with van der Waals surface area (Å²) >= 11 is 1.72. The van der Waals surface area contributed by atoms with Crippen LogP contribution in [0.25, 0.3) is 0 Å². The van der Waals surface area contributed by atoms with E-state index in [1.54, 1.807) is 16.1 Å². The van der Waals surface area contributed by atoms with Crippen molar-refractivity contribution in [3.63, 3.8) is 0 Å². The summed E-state index contributed by atoms with van der Waals surface area (Å²) < 4.78 is 27.3. The van der Waals surface area contributed by atoms with Crippen molar-refractivity contribution in [2.24, 2.45) is 0 Å². The maximum Gasteiger partial charge on any atom is 0.239 e. The van der Waals surface area contributed by atoms with Gasteiger partial charge in [0.2, 0.25) is 10.0 Å². The number of hydrogen-bond acceptors (Lipinski definition) is 3. The van der Waals surface area contributed by atoms with Crippen LogP contribution in [0.1, 0.15) is 12.5 Å². The van der Waals surface area contributed by atoms with Crippen molar-refractivity contribution in [3.05, 3.63) is 60.2 Å². The summed E-state index contributed by atoms with van der Waals surface area (Å²) in [6.45, 7) is 1.96. The second-order valence-corrected chi connectivity index (χ2v) is 8.07. The first-order chi connectivity index (χ1) is 10.1. The minimum atomic E-state index is -3.38. The Morgan fingerprint density at radius 2 is 1.76 bits per heavy atom. The van der Waals surface area contributed by atoms with E-state index in [-0.39, 0.29) is 11.8 Å². The lowest BCUT2D eigenvalue weighted by atomic mass is 10.2. The van der Waals surface area contributed by atoms with Crippen molar-refractivity contribution in [3.8, 4) is 0 Å². The summed E-state index contributed by atoms with van der Waals surface area (Å²) in [6.07, 6.45) is 0. The second kappa shape index (κ2) is 5.73. The van der Waals surface area contributed by atoms with Crippen molar-refractivity contribution in [1.29, 1.82) is 0 Å². The van der Waals surface area contributed by atoms with Crippen molar-refractivity contribution in [2.75, 3.05) is 10.1 Å². The fourth-order valence-electron chi connectivity index (χ4n) is 2.56. The first kappa shape index (κ1) is 14.5. The molecule has 1 aliphatic heterocycles. The molecule has 2 aromatic rings. The minimum Gasteiger partial charge on any atom is -0.265 e. The predicted molar refractivity (Wildman–Crippen MR) is 88.2 cm³/mol. The van der Waals surface area contributed by atoms with E-state index in [2.05, 4.69) is 0 Å². The molecule has 0 radical (unpaired) electrons. The fraction of sp³-hybridized carbons (Fsp3) is 0.250. The van der Waals surface area contributed by atoms with Crippen LogP contribution in [-0.4, -0.2) is 20.2 Å². The number of anilines is 1. The molecule has 0 bridgehead atoms. The first-order valence-electron chi connectivity index (χ1n) is 6.86. The third-order valence-electron chi connectivity index (χ3n) is 3.47. The molecule has 0 aromatic heterocycles. The number of fused-ring (bicyclic) bond motifs is 1. The number of thioether (sulfide) groups is 1. The van der Waals surface area contributed by atoms with E-state index in [9.17, 15) is 8.42 Å². The van der Waals surface area contributed by atoms with Gasteiger partial charge in [-0.3, -0.25) is 4.31 Å². The number of benzene rings is 2. The highest BCUT2D eigenvalue weighted by Crippen LogP contribution is 2.39. The molecule has 0 fully saturated rings. The number of rotatable bonds is 3. The molecular weight excluding hydrogens is 302 g/mol. The molecule has 1 atom stereocenters. The largest absolute Gasteiger partial charge is 0.265 e. The maximum absolute atomic E-state index is 12.8. The van der Waals surface area contributed by atoms with Crippen LogP contribution in [-0.2, 0) is 15.8 Å². The SMILES string of the molecule is CC1CSc2ccccc2N1S(=O)(=O)Cc1ccccc1. The average molecular weight is 319 g/mol. The monoisotopic (exact) mass is 319 g/mol. The van der Waals surface area contributed by atoms with Gasteiger partial charge in [-0.1, -0.05) is 42.5 Å². The minimum absolute atomic E-state index is 0.0291. The molecule has 3 nitrogen and oxygen atoms in total. The predicted octanol–water partition coefficient (Wildman–Crippen LogP) is 3.52. The standard InChI is InChI=1S/C16H17NO2S2/c1-13-11-20-16-10-6-5-9-15(16)17(13)21(18,19)12-14-7-3-2-4-8-14/h2-10,13H,11-12H2,1H3. The lowest BCUT2D eigenvalue weighted by molar-refractivity contribution is 0.583. The van der Waals surface area contributed by atoms with E-state index < -0.39 is 10.0 Å². The maximum atomic E-state index is 12.8. The van der Waals surface area contributed by atoms with E-state index in [0.29, 0.717) is 0 Å². The summed E-state index contributed by atoms with van der Waals surface area (Å²) in [5, 5.41) is 0. The Bertz CT molecular complexity index is 729. The molecule has 21 heavy (non-hydrogen) atoms. The molecule has 0 spiro atoms. The van der Waals surface area contributed by atoms with Gasteiger partial charge in [-0.15, -0.1) is 11.8 Å². The van der Waals surface area contributed by atoms with Crippen molar-refractivity contribution in [2.45, 2.75) is 23.6 Å². The highest BCUT2D eigenvalue weighted by molar-refractivity contribution is 8.00. The molecule has 1 heterocycles. The Balaban J connectivity index is 1.98. The fourth-order valence-corrected chi connectivity index (χ4v) is 5.60. The van der Waals surface area contributed by atoms with Crippen LogP contribution in [0.5, 0.6) is 0 Å². The Morgan fingerprint density at radius 1 is 1.10 bits per heavy atom. The second-order valence-electron chi connectivity index (χ2n) is 5.17. The number of nitrogens with zero attached hydrogens (tertiary/aromatic N) is 1. The van der Waals surface area contributed by atoms with Crippen molar-refractivity contribution in [1.82, 2.24) is 0 Å². The quantitative estimate of drug-likeness (QED) is 0.869. The third-order valence-corrected chi connectivity index (χ3v) is 6.63. The van der Waals surface area contributed by atoms with Crippen LogP contribution in [0.4, 0.5) is 5.69 Å². The normalized spacial score (nSPS) is 18.3. The molecule has 0 saturated carbocycles. The Kier molecular flexibility index (Phi) is 3.95. The molecule has 3 rings (SSSR count). The van der Waals surface area contributed by atoms with E-state index >= 15 is 0 Å². The van der Waals surface area contributed by atoms with Crippen LogP contribution >= 0.6 is 11.8 Å². The lowest BCUT2D eigenvalue weighted by Crippen LogP contribution is -2.43. The van der Waals surface area contributed by atoms with Gasteiger partial charge < -0.3 is 0 Å². The number of para-hydroxylation sites is 1. The summed E-state index contributed by atoms with van der Waals surface area (Å²) in [7, 11) is -3.38. The molecule has 5 heteroatoms. The smallest absolute Gasteiger partial charge is 0.239 e. The van der Waals surface area contributed by atoms with Gasteiger partial charge in [0, 0.05) is 10.6 Å². The number of hydrogen-bond donors (Lipinski definition) is 0. The average Bonchev–Trinajstić information content (AvgIpc) is 2.47. The molecule has 1 aliphatic rings. The molecule has 0 aliphatic carbocycles. The third kappa shape index (κ3) is 2.94. The molecule has 0 saturated heterocycles. The highest BCUT2D eigenvalue weighted by atomic mass is 32.2. The molecule has 1 unspecified atom stereocenters. The van der Waals surface area contributed by atoms with Gasteiger partial charge in [-0.2, -0.15) is 0 Å². The zero-order valence-electron chi connectivity index (χ0n) is 11.8. The van der Waals surface area contributed by atoms with Gasteiger partial charge in [-0.25, -0.2) is 8.42 Å². The Labute approximate surface area is 130 Å². The highest BCUT2D eigenvalue weighted by Gasteiger charge is 2.32. The van der Waals surface area contributed by atoms with Gasteiger partial charge in [0.25, 0.3) is 0 Å². The van der Waals surface area contributed by atoms with Crippen molar-refractivity contribution >= 4 is 27.5 Å². The summed E-state index contributed by atoms with van der Waals surface area (Å²) in [5.41, 5.74) is 1.62. The van der Waals surface area contributed by atoms with Crippen LogP contribution < -0.4 is 4.31 Å². The Hall–Kier alpha value is -1.46. The van der Waals surface area contributed by atoms with Gasteiger partial charge in [0.15, 0.2) is 0 Å². The molecular formula is C16H17NO2S2. The van der Waals surface area contributed by atoms with E-state index in [1.807, 2.05) is 61.5 Å². The molecule has 2 aromatic carbocycles. The first-order valence-corrected chi connectivity index (χ1v) is 9.45. The zero-order chi connectivity index (χ0) is 14.9. The van der Waals surface area contributed by atoms with Crippen LogP contribution in [0.3, 0.4) is 0 Å². The van der Waals surface area contributed by atoms with Crippen LogP contribution in [0.2, 0.25) is 0 Å². The van der Waals surface area contributed by atoms with Gasteiger partial charge >= 0.3 is 0 Å².